The van der Waals surface area contributed by atoms with E-state index in [0.29, 0.717) is 30.0 Å². The van der Waals surface area contributed by atoms with E-state index in [1.807, 2.05) is 11.4 Å². The molecule has 12 heteroatoms. The number of carbonyl (C=O) groups is 3. The molecule has 2 bridgehead atoms. The minimum absolute atomic E-state index is 0.109. The van der Waals surface area contributed by atoms with Crippen LogP contribution < -0.4 is 10.1 Å². The third-order valence-electron chi connectivity index (χ3n) is 7.35. The predicted molar refractivity (Wildman–Crippen MR) is 146 cm³/mol. The molecule has 3 aromatic rings. The van der Waals surface area contributed by atoms with Gasteiger partial charge in [-0.05, 0) is 54.5 Å². The molecular weight excluding hydrogens is 537 g/mol. The van der Waals surface area contributed by atoms with E-state index in [1.165, 1.54) is 33.1 Å². The molecule has 5 rings (SSSR count). The Morgan fingerprint density at radius 3 is 2.77 bits per heavy atom. The monoisotopic (exact) mass is 569 g/mol. The van der Waals surface area contributed by atoms with Crippen LogP contribution in [0.15, 0.2) is 41.8 Å². The zero-order valence-electron chi connectivity index (χ0n) is 22.4. The highest BCUT2D eigenvalue weighted by atomic mass is 32.1. The summed E-state index contributed by atoms with van der Waals surface area (Å²) in [5.41, 5.74) is 1.81. The quantitative estimate of drug-likeness (QED) is 0.498. The van der Waals surface area contributed by atoms with Gasteiger partial charge in [0.25, 0.3) is 5.91 Å². The molecule has 0 unspecified atom stereocenters. The van der Waals surface area contributed by atoms with Gasteiger partial charge in [0, 0.05) is 33.6 Å². The second-order valence-corrected chi connectivity index (χ2v) is 11.2. The maximum absolute atomic E-state index is 13.8. The average Bonchev–Trinajstić information content (AvgIpc) is 3.65. The highest BCUT2D eigenvalue weighted by Crippen LogP contribution is 2.36. The number of aryl methyl sites for hydroxylation is 2. The van der Waals surface area contributed by atoms with Gasteiger partial charge in [-0.15, -0.1) is 11.3 Å². The normalized spacial score (nSPS) is 21.8. The fourth-order valence-corrected chi connectivity index (χ4v) is 5.93. The smallest absolute Gasteiger partial charge is 0.271 e. The Morgan fingerprint density at radius 2 is 2.00 bits per heavy atom. The number of nitrogens with zero attached hydrogens (tertiary/aromatic N) is 4. The van der Waals surface area contributed by atoms with Crippen LogP contribution in [0.3, 0.4) is 0 Å². The van der Waals surface area contributed by atoms with Gasteiger partial charge in [-0.2, -0.15) is 5.10 Å². The summed E-state index contributed by atoms with van der Waals surface area (Å²) in [5.74, 6) is -0.690. The Balaban J connectivity index is 1.39. The lowest BCUT2D eigenvalue weighted by Gasteiger charge is -2.30. The summed E-state index contributed by atoms with van der Waals surface area (Å²) in [4.78, 5) is 43.9. The number of aliphatic hydroxyl groups is 1. The lowest BCUT2D eigenvalue weighted by atomic mass is 10.1. The van der Waals surface area contributed by atoms with E-state index in [1.54, 1.807) is 37.2 Å². The number of thiophene rings is 1. The SMILES string of the molecule is CN1CC[C@H](NC(=O)CCc2ccc(F)cc2)C(=O)N2C[C@@H](O)C[C@H]2COc2ccsc2-c2cc(n(C)n2)C1=O. The summed E-state index contributed by atoms with van der Waals surface area (Å²) >= 11 is 1.44. The number of carbonyl (C=O) groups excluding carboxylic acids is 3. The van der Waals surface area contributed by atoms with Gasteiger partial charge < -0.3 is 25.0 Å². The molecule has 212 valence electrons. The van der Waals surface area contributed by atoms with Crippen molar-refractivity contribution in [2.24, 2.45) is 7.05 Å². The molecule has 0 spiro atoms. The molecule has 2 aliphatic heterocycles. The fraction of sp³-hybridized carbons (Fsp3) is 0.429. The van der Waals surface area contributed by atoms with Crippen LogP contribution in [-0.2, 0) is 23.1 Å². The highest BCUT2D eigenvalue weighted by molar-refractivity contribution is 7.14. The first-order chi connectivity index (χ1) is 19.2. The van der Waals surface area contributed by atoms with E-state index in [9.17, 15) is 23.9 Å². The van der Waals surface area contributed by atoms with Crippen molar-refractivity contribution in [1.82, 2.24) is 24.9 Å². The number of halogens is 1. The van der Waals surface area contributed by atoms with Crippen LogP contribution in [0.2, 0.25) is 0 Å². The van der Waals surface area contributed by atoms with Gasteiger partial charge >= 0.3 is 0 Å². The molecule has 40 heavy (non-hydrogen) atoms. The number of nitrogens with one attached hydrogen (secondary N) is 1. The van der Waals surface area contributed by atoms with Crippen molar-refractivity contribution in [3.63, 3.8) is 0 Å². The van der Waals surface area contributed by atoms with Gasteiger partial charge in [0.1, 0.15) is 35.6 Å². The Labute approximate surface area is 235 Å². The zero-order valence-corrected chi connectivity index (χ0v) is 23.2. The molecule has 3 atom stereocenters. The van der Waals surface area contributed by atoms with Crippen LogP contribution in [0.4, 0.5) is 4.39 Å². The lowest BCUT2D eigenvalue weighted by Crippen LogP contribution is -2.52. The first kappa shape index (κ1) is 27.8. The van der Waals surface area contributed by atoms with Crippen LogP contribution in [0.1, 0.15) is 35.3 Å². The molecular formula is C28H32FN5O5S. The van der Waals surface area contributed by atoms with E-state index < -0.39 is 18.2 Å². The van der Waals surface area contributed by atoms with Crippen molar-refractivity contribution in [1.29, 1.82) is 0 Å². The third kappa shape index (κ3) is 6.02. The van der Waals surface area contributed by atoms with Gasteiger partial charge in [0.15, 0.2) is 0 Å². The Bertz CT molecular complexity index is 1390. The first-order valence-electron chi connectivity index (χ1n) is 13.2. The predicted octanol–water partition coefficient (Wildman–Crippen LogP) is 2.22. The van der Waals surface area contributed by atoms with E-state index in [-0.39, 0.29) is 56.1 Å². The largest absolute Gasteiger partial charge is 0.490 e. The number of aromatic nitrogens is 2. The van der Waals surface area contributed by atoms with E-state index in [0.717, 1.165) is 10.4 Å². The number of hydrogen-bond acceptors (Lipinski definition) is 7. The Morgan fingerprint density at radius 1 is 1.23 bits per heavy atom. The van der Waals surface area contributed by atoms with Crippen LogP contribution in [0, 0.1) is 5.82 Å². The number of hydrogen-bond donors (Lipinski definition) is 2. The number of amides is 3. The average molecular weight is 570 g/mol. The van der Waals surface area contributed by atoms with Crippen LogP contribution in [-0.4, -0.2) is 87.3 Å². The van der Waals surface area contributed by atoms with Gasteiger partial charge in [-0.3, -0.25) is 19.1 Å². The minimum Gasteiger partial charge on any atom is -0.490 e. The maximum Gasteiger partial charge on any atom is 0.271 e. The van der Waals surface area contributed by atoms with Gasteiger partial charge in [-0.1, -0.05) is 12.1 Å². The molecule has 1 aromatic carbocycles. The van der Waals surface area contributed by atoms with Crippen molar-refractivity contribution in [2.75, 3.05) is 26.7 Å². The van der Waals surface area contributed by atoms with Gasteiger partial charge in [0.05, 0.1) is 17.0 Å². The van der Waals surface area contributed by atoms with E-state index in [2.05, 4.69) is 10.4 Å². The summed E-state index contributed by atoms with van der Waals surface area (Å²) in [6, 6.07) is 8.17. The molecule has 2 aromatic heterocycles. The number of fused-ring (bicyclic) bond motifs is 5. The molecule has 0 saturated carbocycles. The summed E-state index contributed by atoms with van der Waals surface area (Å²) < 4.78 is 20.9. The van der Waals surface area contributed by atoms with E-state index in [4.69, 9.17) is 4.74 Å². The molecule has 1 fully saturated rings. The van der Waals surface area contributed by atoms with Crippen molar-refractivity contribution >= 4 is 29.1 Å². The zero-order chi connectivity index (χ0) is 28.4. The summed E-state index contributed by atoms with van der Waals surface area (Å²) in [7, 11) is 3.35. The summed E-state index contributed by atoms with van der Waals surface area (Å²) in [6.45, 7) is 0.495. The second-order valence-electron chi connectivity index (χ2n) is 10.3. The highest BCUT2D eigenvalue weighted by Gasteiger charge is 2.38. The molecule has 10 nitrogen and oxygen atoms in total. The van der Waals surface area contributed by atoms with Gasteiger partial charge in [-0.25, -0.2) is 4.39 Å². The summed E-state index contributed by atoms with van der Waals surface area (Å²) in [6.07, 6.45) is 0.314. The minimum atomic E-state index is -0.910. The summed E-state index contributed by atoms with van der Waals surface area (Å²) in [5, 5.41) is 19.7. The maximum atomic E-state index is 13.8. The first-order valence-corrected chi connectivity index (χ1v) is 14.1. The number of ether oxygens (including phenoxy) is 1. The van der Waals surface area contributed by atoms with Crippen molar-refractivity contribution in [2.45, 2.75) is 43.9 Å². The molecule has 2 N–H and O–H groups in total. The molecule has 0 radical (unpaired) electrons. The molecule has 4 heterocycles. The van der Waals surface area contributed by atoms with E-state index >= 15 is 0 Å². The fourth-order valence-electron chi connectivity index (χ4n) is 5.13. The molecule has 1 saturated heterocycles. The Hall–Kier alpha value is -3.77. The molecule has 3 amide bonds. The van der Waals surface area contributed by atoms with Crippen LogP contribution >= 0.6 is 11.3 Å². The standard InChI is InChI=1S/C28H32FN5O5S/c1-32-11-9-21(30-25(36)8-5-17-3-6-18(29)7-4-17)27(37)34-15-20(35)13-19(34)16-39-24-10-12-40-26(24)22-14-23(28(32)38)33(2)31-22/h3-4,6-7,10,12,14,19-21,35H,5,8-9,11,13,15-16H2,1-2H3,(H,30,36)/t19-,20-,21-/m0/s1. The number of aliphatic hydroxyl groups excluding tert-OH is 1. The van der Waals surface area contributed by atoms with Gasteiger partial charge in [0.2, 0.25) is 11.8 Å². The van der Waals surface area contributed by atoms with Crippen molar-refractivity contribution < 1.29 is 28.6 Å². The molecule has 0 aliphatic carbocycles. The number of benzene rings is 1. The van der Waals surface area contributed by atoms with Crippen molar-refractivity contribution in [3.8, 4) is 16.3 Å². The van der Waals surface area contributed by atoms with Crippen LogP contribution in [0.5, 0.6) is 5.75 Å². The van der Waals surface area contributed by atoms with Crippen molar-refractivity contribution in [3.05, 3.63) is 58.9 Å². The lowest BCUT2D eigenvalue weighted by molar-refractivity contribution is -0.138. The number of rotatable bonds is 4. The third-order valence-corrected chi connectivity index (χ3v) is 8.27. The Kier molecular flexibility index (Phi) is 8.17. The molecule has 2 aliphatic rings. The topological polar surface area (TPSA) is 117 Å². The second kappa shape index (κ2) is 11.8. The van der Waals surface area contributed by atoms with Crippen LogP contribution in [0.25, 0.3) is 10.6 Å².